The summed E-state index contributed by atoms with van der Waals surface area (Å²) in [6, 6.07) is 17.3. The zero-order chi connectivity index (χ0) is 13.2. The summed E-state index contributed by atoms with van der Waals surface area (Å²) in [6.07, 6.45) is 0. The van der Waals surface area contributed by atoms with Crippen LogP contribution in [0.5, 0.6) is 11.5 Å². The van der Waals surface area contributed by atoms with Crippen molar-refractivity contribution in [1.29, 1.82) is 0 Å². The molecular formula is C14H16ClNOS. The van der Waals surface area contributed by atoms with Gasteiger partial charge in [0.1, 0.15) is 11.5 Å². The molecule has 2 nitrogen and oxygen atoms in total. The van der Waals surface area contributed by atoms with Crippen molar-refractivity contribution in [2.45, 2.75) is 4.90 Å². The summed E-state index contributed by atoms with van der Waals surface area (Å²) in [5.74, 6) is 2.24. The molecule has 96 valence electrons. The summed E-state index contributed by atoms with van der Waals surface area (Å²) in [5.41, 5.74) is 4.90. The van der Waals surface area contributed by atoms with Crippen molar-refractivity contribution in [2.75, 3.05) is 12.4 Å². The number of alkyl halides is 1. The van der Waals surface area contributed by atoms with Crippen LogP contribution >= 0.6 is 24.2 Å². The zero-order valence-electron chi connectivity index (χ0n) is 9.92. The summed E-state index contributed by atoms with van der Waals surface area (Å²) in [5, 5.41) is 0. The van der Waals surface area contributed by atoms with Crippen molar-refractivity contribution < 1.29 is 4.74 Å². The molecule has 0 aromatic heterocycles. The average Bonchev–Trinajstić information content (AvgIpc) is 2.43. The molecule has 0 saturated carbocycles. The van der Waals surface area contributed by atoms with E-state index in [0.29, 0.717) is 12.4 Å². The van der Waals surface area contributed by atoms with Crippen molar-refractivity contribution in [3.63, 3.8) is 0 Å². The largest absolute Gasteiger partial charge is 0.457 e. The van der Waals surface area contributed by atoms with Crippen molar-refractivity contribution >= 4 is 24.2 Å². The highest BCUT2D eigenvalue weighted by Gasteiger charge is 1.94. The minimum Gasteiger partial charge on any atom is -0.457 e. The van der Waals surface area contributed by atoms with Gasteiger partial charge in [-0.05, 0) is 36.4 Å². The van der Waals surface area contributed by atoms with E-state index in [-0.39, 0.29) is 0 Å². The molecule has 0 radical (unpaired) electrons. The van der Waals surface area contributed by atoms with Crippen LogP contribution in [0.1, 0.15) is 0 Å². The van der Waals surface area contributed by atoms with Crippen LogP contribution in [0.3, 0.4) is 0 Å². The number of hydrogen-bond acceptors (Lipinski definition) is 3. The number of nitrogens with two attached hydrogens (primary N) is 1. The van der Waals surface area contributed by atoms with E-state index >= 15 is 0 Å². The molecule has 0 spiro atoms. The van der Waals surface area contributed by atoms with Gasteiger partial charge in [-0.1, -0.05) is 18.2 Å². The Balaban J connectivity index is 0.000000357. The first-order valence-corrected chi connectivity index (χ1v) is 6.52. The van der Waals surface area contributed by atoms with Crippen molar-refractivity contribution in [1.82, 2.24) is 0 Å². The second-order valence-corrected chi connectivity index (χ2v) is 4.28. The lowest BCUT2D eigenvalue weighted by Gasteiger charge is -2.04. The van der Waals surface area contributed by atoms with E-state index in [1.165, 1.54) is 0 Å². The Labute approximate surface area is 118 Å². The highest BCUT2D eigenvalue weighted by atomic mass is 35.5. The van der Waals surface area contributed by atoms with E-state index < -0.39 is 0 Å². The molecule has 0 unspecified atom stereocenters. The maximum absolute atomic E-state index is 5.60. The molecule has 0 aliphatic rings. The summed E-state index contributed by atoms with van der Waals surface area (Å²) in [7, 11) is 0. The number of thiol groups is 1. The molecule has 0 fully saturated rings. The highest BCUT2D eigenvalue weighted by molar-refractivity contribution is 7.80. The Hall–Kier alpha value is -1.16. The van der Waals surface area contributed by atoms with Gasteiger partial charge < -0.3 is 10.5 Å². The highest BCUT2D eigenvalue weighted by Crippen LogP contribution is 2.21. The van der Waals surface area contributed by atoms with Crippen molar-refractivity contribution in [2.24, 2.45) is 5.73 Å². The Morgan fingerprint density at radius 1 is 0.944 bits per heavy atom. The van der Waals surface area contributed by atoms with Gasteiger partial charge in [0, 0.05) is 17.3 Å². The fraction of sp³-hybridized carbons (Fsp3) is 0.143. The minimum absolute atomic E-state index is 0.569. The predicted molar refractivity (Wildman–Crippen MR) is 80.0 cm³/mol. The van der Waals surface area contributed by atoms with Gasteiger partial charge in [-0.15, -0.1) is 24.2 Å². The molecule has 0 saturated heterocycles. The Morgan fingerprint density at radius 3 is 1.94 bits per heavy atom. The number of halogens is 1. The van der Waals surface area contributed by atoms with Gasteiger partial charge >= 0.3 is 0 Å². The molecule has 0 atom stereocenters. The molecule has 2 aromatic carbocycles. The molecule has 18 heavy (non-hydrogen) atoms. The molecule has 2 N–H and O–H groups in total. The Kier molecular flexibility index (Phi) is 7.34. The predicted octanol–water partition coefficient (Wildman–Crippen LogP) is 3.95. The smallest absolute Gasteiger partial charge is 0.127 e. The SMILES string of the molecule is NCCCl.Sc1ccc(Oc2ccccc2)cc1. The third kappa shape index (κ3) is 5.96. The van der Waals surface area contributed by atoms with E-state index in [9.17, 15) is 0 Å². The van der Waals surface area contributed by atoms with Gasteiger partial charge in [0.2, 0.25) is 0 Å². The third-order valence-electron chi connectivity index (χ3n) is 1.92. The standard InChI is InChI=1S/C12H10OS.C2H6ClN/c14-12-8-6-11(7-9-12)13-10-4-2-1-3-5-10;3-1-2-4/h1-9,14H;1-2,4H2. The molecule has 2 aromatic rings. The third-order valence-corrected chi connectivity index (χ3v) is 2.44. The maximum atomic E-state index is 5.60. The van der Waals surface area contributed by atoms with Crippen LogP contribution in [0.25, 0.3) is 0 Å². The fourth-order valence-corrected chi connectivity index (χ4v) is 1.29. The quantitative estimate of drug-likeness (QED) is 0.660. The maximum Gasteiger partial charge on any atom is 0.127 e. The lowest BCUT2D eigenvalue weighted by molar-refractivity contribution is 0.482. The average molecular weight is 282 g/mol. The van der Waals surface area contributed by atoms with E-state index in [1.807, 2.05) is 54.6 Å². The van der Waals surface area contributed by atoms with Crippen LogP contribution in [0.4, 0.5) is 0 Å². The number of rotatable bonds is 3. The van der Waals surface area contributed by atoms with Crippen LogP contribution in [-0.2, 0) is 0 Å². The molecule has 0 aliphatic heterocycles. The molecule has 0 bridgehead atoms. The monoisotopic (exact) mass is 281 g/mol. The van der Waals surface area contributed by atoms with E-state index in [0.717, 1.165) is 16.4 Å². The number of ether oxygens (including phenoxy) is 1. The molecule has 0 aliphatic carbocycles. The van der Waals surface area contributed by atoms with Crippen molar-refractivity contribution in [3.8, 4) is 11.5 Å². The van der Waals surface area contributed by atoms with Gasteiger partial charge in [-0.2, -0.15) is 0 Å². The van der Waals surface area contributed by atoms with Crippen LogP contribution in [0.15, 0.2) is 59.5 Å². The van der Waals surface area contributed by atoms with Crippen LogP contribution < -0.4 is 10.5 Å². The number of para-hydroxylation sites is 1. The fourth-order valence-electron chi connectivity index (χ4n) is 1.14. The first-order valence-electron chi connectivity index (χ1n) is 5.54. The van der Waals surface area contributed by atoms with Crippen LogP contribution in [-0.4, -0.2) is 12.4 Å². The Bertz CT molecular complexity index is 431. The van der Waals surface area contributed by atoms with E-state index in [2.05, 4.69) is 12.6 Å². The number of benzene rings is 2. The summed E-state index contributed by atoms with van der Waals surface area (Å²) in [4.78, 5) is 0.936. The van der Waals surface area contributed by atoms with Crippen LogP contribution in [0, 0.1) is 0 Å². The topological polar surface area (TPSA) is 35.2 Å². The lowest BCUT2D eigenvalue weighted by Crippen LogP contribution is -1.97. The Morgan fingerprint density at radius 2 is 1.44 bits per heavy atom. The molecule has 2 rings (SSSR count). The van der Waals surface area contributed by atoms with E-state index in [4.69, 9.17) is 22.1 Å². The van der Waals surface area contributed by atoms with Gasteiger partial charge in [-0.3, -0.25) is 0 Å². The summed E-state index contributed by atoms with van der Waals surface area (Å²) in [6.45, 7) is 0.585. The van der Waals surface area contributed by atoms with Gasteiger partial charge in [0.15, 0.2) is 0 Å². The molecule has 0 amide bonds. The van der Waals surface area contributed by atoms with Gasteiger partial charge in [0.05, 0.1) is 0 Å². The normalized spacial score (nSPS) is 9.28. The second-order valence-electron chi connectivity index (χ2n) is 3.39. The number of hydrogen-bond donors (Lipinski definition) is 2. The van der Waals surface area contributed by atoms with Gasteiger partial charge in [-0.25, -0.2) is 0 Å². The zero-order valence-corrected chi connectivity index (χ0v) is 11.6. The molecular weight excluding hydrogens is 266 g/mol. The second kappa shape index (κ2) is 8.86. The molecule has 0 heterocycles. The van der Waals surface area contributed by atoms with Crippen molar-refractivity contribution in [3.05, 3.63) is 54.6 Å². The van der Waals surface area contributed by atoms with Crippen LogP contribution in [0.2, 0.25) is 0 Å². The van der Waals surface area contributed by atoms with E-state index in [1.54, 1.807) is 0 Å². The molecule has 4 heteroatoms. The lowest BCUT2D eigenvalue weighted by atomic mass is 10.3. The minimum atomic E-state index is 0.569. The first kappa shape index (κ1) is 14.9. The summed E-state index contributed by atoms with van der Waals surface area (Å²) < 4.78 is 5.60. The first-order chi connectivity index (χ1) is 8.76. The van der Waals surface area contributed by atoms with Gasteiger partial charge in [0.25, 0.3) is 0 Å². The summed E-state index contributed by atoms with van der Waals surface area (Å²) >= 11 is 9.26.